The molecular weight excluding hydrogens is 396 g/mol. The summed E-state index contributed by atoms with van der Waals surface area (Å²) in [7, 11) is 1.20. The van der Waals surface area contributed by atoms with Crippen molar-refractivity contribution in [2.75, 3.05) is 7.11 Å². The van der Waals surface area contributed by atoms with Crippen molar-refractivity contribution in [3.05, 3.63) is 89.7 Å². The average molecular weight is 414 g/mol. The third-order valence-electron chi connectivity index (χ3n) is 4.68. The molecule has 0 saturated carbocycles. The van der Waals surface area contributed by atoms with Crippen molar-refractivity contribution in [2.45, 2.75) is 6.61 Å². The Morgan fingerprint density at radius 1 is 0.871 bits per heavy atom. The molecule has 0 atom stereocenters. The predicted molar refractivity (Wildman–Crippen MR) is 114 cm³/mol. The van der Waals surface area contributed by atoms with Crippen LogP contribution in [0.15, 0.2) is 72.8 Å². The second kappa shape index (κ2) is 8.62. The number of hydrogen-bond donors (Lipinski definition) is 1. The Morgan fingerprint density at radius 3 is 2.19 bits per heavy atom. The quantitative estimate of drug-likeness (QED) is 0.468. The lowest BCUT2D eigenvalue weighted by Crippen LogP contribution is -2.14. The summed E-state index contributed by atoms with van der Waals surface area (Å²) < 4.78 is 10.8. The fourth-order valence-electron chi connectivity index (χ4n) is 3.20. The number of rotatable bonds is 6. The maximum Gasteiger partial charge on any atom is 0.360 e. The molecule has 2 aromatic heterocycles. The summed E-state index contributed by atoms with van der Waals surface area (Å²) in [6.45, 7) is 0.161. The summed E-state index contributed by atoms with van der Waals surface area (Å²) in [5.74, 6) is -1.97. The molecule has 4 aromatic rings. The van der Waals surface area contributed by atoms with Gasteiger partial charge < -0.3 is 14.6 Å². The van der Waals surface area contributed by atoms with E-state index in [1.165, 1.54) is 7.11 Å². The number of benzene rings is 2. The van der Waals surface area contributed by atoms with Gasteiger partial charge in [-0.3, -0.25) is 0 Å². The zero-order valence-electron chi connectivity index (χ0n) is 16.6. The van der Waals surface area contributed by atoms with Crippen LogP contribution in [0.25, 0.3) is 22.2 Å². The lowest BCUT2D eigenvalue weighted by atomic mass is 10.1. The molecule has 2 aromatic carbocycles. The number of aromatic carboxylic acids is 1. The maximum absolute atomic E-state index is 12.4. The molecule has 0 saturated heterocycles. The molecule has 4 rings (SSSR count). The lowest BCUT2D eigenvalue weighted by Gasteiger charge is -2.15. The fourth-order valence-corrected chi connectivity index (χ4v) is 3.20. The van der Waals surface area contributed by atoms with E-state index >= 15 is 0 Å². The molecule has 1 N–H and O–H groups in total. The minimum Gasteiger partial charge on any atom is -0.486 e. The van der Waals surface area contributed by atoms with E-state index < -0.39 is 11.9 Å². The molecule has 0 radical (unpaired) electrons. The minimum absolute atomic E-state index is 0.128. The zero-order valence-corrected chi connectivity index (χ0v) is 16.6. The fraction of sp³-hybridized carbons (Fsp3) is 0.0833. The van der Waals surface area contributed by atoms with Gasteiger partial charge in [0.2, 0.25) is 0 Å². The molecule has 0 bridgehead atoms. The summed E-state index contributed by atoms with van der Waals surface area (Å²) in [6, 6.07) is 22.2. The van der Waals surface area contributed by atoms with Crippen LogP contribution in [-0.4, -0.2) is 34.1 Å². The van der Waals surface area contributed by atoms with Gasteiger partial charge in [0.25, 0.3) is 0 Å². The predicted octanol–water partition coefficient (Wildman–Crippen LogP) is 4.36. The number of hydrogen-bond acceptors (Lipinski definition) is 6. The number of nitrogens with zero attached hydrogens (tertiary/aromatic N) is 2. The van der Waals surface area contributed by atoms with Gasteiger partial charge in [-0.05, 0) is 17.7 Å². The number of ether oxygens (including phenoxy) is 2. The molecule has 7 heteroatoms. The van der Waals surface area contributed by atoms with E-state index in [2.05, 4.69) is 9.97 Å². The number of carboxylic acids is 1. The van der Waals surface area contributed by atoms with E-state index in [0.717, 1.165) is 11.1 Å². The molecule has 0 unspecified atom stereocenters. The number of carbonyl (C=O) groups excluding carboxylic acids is 1. The summed E-state index contributed by atoms with van der Waals surface area (Å²) >= 11 is 0. The van der Waals surface area contributed by atoms with Gasteiger partial charge in [-0.15, -0.1) is 0 Å². The number of fused-ring (bicyclic) bond motifs is 1. The maximum atomic E-state index is 12.4. The summed E-state index contributed by atoms with van der Waals surface area (Å²) in [4.78, 5) is 32.9. The van der Waals surface area contributed by atoms with Crippen molar-refractivity contribution >= 4 is 22.8 Å². The number of aromatic nitrogens is 2. The molecule has 0 aliphatic rings. The van der Waals surface area contributed by atoms with Gasteiger partial charge in [-0.2, -0.15) is 0 Å². The second-order valence-corrected chi connectivity index (χ2v) is 6.67. The van der Waals surface area contributed by atoms with E-state index in [1.807, 2.05) is 60.7 Å². The number of pyridine rings is 2. The molecule has 0 amide bonds. The summed E-state index contributed by atoms with van der Waals surface area (Å²) in [6.07, 6.45) is 0. The largest absolute Gasteiger partial charge is 0.486 e. The number of carboxylic acid groups (broad SMARTS) is 1. The van der Waals surface area contributed by atoms with Crippen LogP contribution in [0.1, 0.15) is 26.5 Å². The van der Waals surface area contributed by atoms with E-state index in [0.29, 0.717) is 11.1 Å². The molecule has 0 spiro atoms. The highest BCUT2D eigenvalue weighted by Gasteiger charge is 2.25. The average Bonchev–Trinajstić information content (AvgIpc) is 2.82. The zero-order chi connectivity index (χ0) is 21.8. The van der Waals surface area contributed by atoms with Crippen LogP contribution in [0, 0.1) is 0 Å². The highest BCUT2D eigenvalue weighted by molar-refractivity contribution is 6.06. The molecular formula is C24H18N2O5. The Labute approximate surface area is 177 Å². The van der Waals surface area contributed by atoms with Crippen molar-refractivity contribution < 1.29 is 24.2 Å². The first-order valence-corrected chi connectivity index (χ1v) is 9.47. The van der Waals surface area contributed by atoms with Crippen LogP contribution in [0.5, 0.6) is 5.75 Å². The van der Waals surface area contributed by atoms with Crippen molar-refractivity contribution in [1.29, 1.82) is 0 Å². The van der Waals surface area contributed by atoms with Crippen molar-refractivity contribution in [3.63, 3.8) is 0 Å². The van der Waals surface area contributed by atoms with Crippen LogP contribution in [0.4, 0.5) is 0 Å². The summed E-state index contributed by atoms with van der Waals surface area (Å²) in [5, 5.41) is 10.1. The van der Waals surface area contributed by atoms with Crippen LogP contribution in [-0.2, 0) is 11.3 Å². The Bertz CT molecular complexity index is 1260. The van der Waals surface area contributed by atoms with E-state index in [1.54, 1.807) is 12.1 Å². The first kappa shape index (κ1) is 20.0. The molecule has 0 aliphatic carbocycles. The first-order valence-electron chi connectivity index (χ1n) is 9.47. The molecule has 0 aliphatic heterocycles. The van der Waals surface area contributed by atoms with Crippen LogP contribution in [0.2, 0.25) is 0 Å². The van der Waals surface area contributed by atoms with Crippen molar-refractivity contribution in [3.8, 4) is 17.0 Å². The van der Waals surface area contributed by atoms with Gasteiger partial charge in [0.1, 0.15) is 12.1 Å². The minimum atomic E-state index is -1.30. The molecule has 154 valence electrons. The first-order chi connectivity index (χ1) is 15.1. The third-order valence-corrected chi connectivity index (χ3v) is 4.68. The van der Waals surface area contributed by atoms with Gasteiger partial charge >= 0.3 is 11.9 Å². The number of esters is 1. The number of methoxy groups -OCH3 is 1. The van der Waals surface area contributed by atoms with Gasteiger partial charge in [0.05, 0.1) is 12.8 Å². The second-order valence-electron chi connectivity index (χ2n) is 6.67. The van der Waals surface area contributed by atoms with Crippen molar-refractivity contribution in [1.82, 2.24) is 9.97 Å². The van der Waals surface area contributed by atoms with E-state index in [4.69, 9.17) is 9.47 Å². The molecule has 31 heavy (non-hydrogen) atoms. The molecule has 7 nitrogen and oxygen atoms in total. The van der Waals surface area contributed by atoms with Gasteiger partial charge in [0, 0.05) is 10.9 Å². The highest BCUT2D eigenvalue weighted by Crippen LogP contribution is 2.33. The molecule has 2 heterocycles. The van der Waals surface area contributed by atoms with Gasteiger partial charge in [-0.1, -0.05) is 60.7 Å². The van der Waals surface area contributed by atoms with Crippen LogP contribution >= 0.6 is 0 Å². The highest BCUT2D eigenvalue weighted by atomic mass is 16.5. The Morgan fingerprint density at radius 2 is 1.55 bits per heavy atom. The normalized spacial score (nSPS) is 10.6. The molecule has 0 fully saturated rings. The lowest BCUT2D eigenvalue weighted by molar-refractivity contribution is 0.0588. The van der Waals surface area contributed by atoms with Gasteiger partial charge in [0.15, 0.2) is 17.1 Å². The van der Waals surface area contributed by atoms with E-state index in [-0.39, 0.29) is 29.3 Å². The Balaban J connectivity index is 1.91. The van der Waals surface area contributed by atoms with Crippen LogP contribution in [0.3, 0.4) is 0 Å². The van der Waals surface area contributed by atoms with E-state index in [9.17, 15) is 14.7 Å². The third kappa shape index (κ3) is 4.06. The van der Waals surface area contributed by atoms with Crippen LogP contribution < -0.4 is 4.74 Å². The van der Waals surface area contributed by atoms with Gasteiger partial charge in [-0.25, -0.2) is 19.6 Å². The van der Waals surface area contributed by atoms with Crippen molar-refractivity contribution in [2.24, 2.45) is 0 Å². The monoisotopic (exact) mass is 414 g/mol. The summed E-state index contributed by atoms with van der Waals surface area (Å²) in [5.41, 5.74) is 1.85. The smallest absolute Gasteiger partial charge is 0.360 e. The number of carbonyl (C=O) groups is 2. The SMILES string of the molecule is COC(=O)c1nc(C(=O)O)c2nc(-c3ccccc3)ccc2c1OCc1ccccc1. The topological polar surface area (TPSA) is 98.6 Å². The standard InChI is InChI=1S/C24H18N2O5/c1-30-24(29)21-22(31-14-15-8-4-2-5-9-15)17-12-13-18(16-10-6-3-7-11-16)25-19(17)20(26-21)23(27)28/h2-13H,14H2,1H3,(H,27,28). The Kier molecular flexibility index (Phi) is 5.57. The Hall–Kier alpha value is -4.26.